The van der Waals surface area contributed by atoms with Gasteiger partial charge in [-0.1, -0.05) is 12.1 Å². The summed E-state index contributed by atoms with van der Waals surface area (Å²) in [4.78, 5) is 14.2. The van der Waals surface area contributed by atoms with E-state index in [-0.39, 0.29) is 11.9 Å². The molecule has 1 aliphatic rings. The zero-order chi connectivity index (χ0) is 13.8. The molecule has 0 saturated heterocycles. The van der Waals surface area contributed by atoms with E-state index in [1.165, 1.54) is 0 Å². The average Bonchev–Trinajstić information content (AvgIpc) is 2.37. The molecule has 0 amide bonds. The van der Waals surface area contributed by atoms with Crippen molar-refractivity contribution in [1.29, 1.82) is 0 Å². The second-order valence-electron chi connectivity index (χ2n) is 5.34. The first-order chi connectivity index (χ1) is 9.08. The quantitative estimate of drug-likeness (QED) is 0.792. The number of carbonyl (C=O) groups is 1. The molecule has 2 rings (SSSR count). The maximum atomic E-state index is 12.1. The Kier molecular flexibility index (Phi) is 4.56. The van der Waals surface area contributed by atoms with Gasteiger partial charge in [-0.25, -0.2) is 0 Å². The molecule has 0 heterocycles. The van der Waals surface area contributed by atoms with Crippen molar-refractivity contribution >= 4 is 5.78 Å². The van der Waals surface area contributed by atoms with Crippen LogP contribution in [-0.4, -0.2) is 49.1 Å². The van der Waals surface area contributed by atoms with Crippen LogP contribution in [-0.2, 0) is 0 Å². The van der Waals surface area contributed by atoms with Gasteiger partial charge in [0.25, 0.3) is 0 Å². The largest absolute Gasteiger partial charge is 0.497 e. The molecule has 1 aromatic rings. The van der Waals surface area contributed by atoms with Gasteiger partial charge in [0.1, 0.15) is 5.75 Å². The Morgan fingerprint density at radius 1 is 1.47 bits per heavy atom. The molecule has 0 aromatic heterocycles. The van der Waals surface area contributed by atoms with Crippen molar-refractivity contribution < 1.29 is 14.6 Å². The monoisotopic (exact) mass is 263 g/mol. The highest BCUT2D eigenvalue weighted by Crippen LogP contribution is 2.27. The summed E-state index contributed by atoms with van der Waals surface area (Å²) in [6.07, 6.45) is 1.59. The Balaban J connectivity index is 1.85. The third-order valence-corrected chi connectivity index (χ3v) is 3.59. The lowest BCUT2D eigenvalue weighted by Crippen LogP contribution is -2.38. The molecule has 1 N–H and O–H groups in total. The smallest absolute Gasteiger partial charge is 0.176 e. The van der Waals surface area contributed by atoms with Crippen LogP contribution in [0.4, 0.5) is 0 Å². The predicted octanol–water partition coefficient (Wildman–Crippen LogP) is 1.58. The van der Waals surface area contributed by atoms with Crippen molar-refractivity contribution in [3.05, 3.63) is 29.8 Å². The third-order valence-electron chi connectivity index (χ3n) is 3.59. The van der Waals surface area contributed by atoms with E-state index in [0.717, 1.165) is 19.4 Å². The Bertz CT molecular complexity index is 441. The van der Waals surface area contributed by atoms with Crippen LogP contribution in [0.2, 0.25) is 0 Å². The van der Waals surface area contributed by atoms with Crippen LogP contribution in [0.1, 0.15) is 23.2 Å². The Hall–Kier alpha value is -1.39. The number of likely N-dealkylation sites (N-methyl/N-ethyl adjacent to an activating group) is 1. The van der Waals surface area contributed by atoms with E-state index >= 15 is 0 Å². The van der Waals surface area contributed by atoms with E-state index in [4.69, 9.17) is 4.74 Å². The summed E-state index contributed by atoms with van der Waals surface area (Å²) < 4.78 is 5.12. The minimum atomic E-state index is -0.132. The first-order valence-corrected chi connectivity index (χ1v) is 6.62. The molecule has 1 saturated carbocycles. The van der Waals surface area contributed by atoms with E-state index in [1.807, 2.05) is 30.1 Å². The van der Waals surface area contributed by atoms with Crippen molar-refractivity contribution in [2.45, 2.75) is 18.9 Å². The molecule has 1 fully saturated rings. The number of hydrogen-bond donors (Lipinski definition) is 1. The van der Waals surface area contributed by atoms with Gasteiger partial charge in [-0.3, -0.25) is 9.69 Å². The summed E-state index contributed by atoms with van der Waals surface area (Å²) in [6.45, 7) is 1.27. The fraction of sp³-hybridized carbons (Fsp3) is 0.533. The molecule has 0 spiro atoms. The highest BCUT2D eigenvalue weighted by molar-refractivity contribution is 5.97. The highest BCUT2D eigenvalue weighted by Gasteiger charge is 2.28. The fourth-order valence-corrected chi connectivity index (χ4v) is 2.49. The van der Waals surface area contributed by atoms with Gasteiger partial charge in [0, 0.05) is 12.1 Å². The van der Waals surface area contributed by atoms with Gasteiger partial charge >= 0.3 is 0 Å². The van der Waals surface area contributed by atoms with Gasteiger partial charge in [-0.2, -0.15) is 0 Å². The first-order valence-electron chi connectivity index (χ1n) is 6.62. The molecule has 0 aliphatic heterocycles. The van der Waals surface area contributed by atoms with Gasteiger partial charge in [-0.05, 0) is 37.9 Å². The molecule has 0 bridgehead atoms. The minimum absolute atomic E-state index is 0.0984. The van der Waals surface area contributed by atoms with Crippen molar-refractivity contribution in [3.63, 3.8) is 0 Å². The Morgan fingerprint density at radius 2 is 2.21 bits per heavy atom. The van der Waals surface area contributed by atoms with E-state index in [9.17, 15) is 9.90 Å². The van der Waals surface area contributed by atoms with Crippen LogP contribution >= 0.6 is 0 Å². The number of aliphatic hydroxyl groups excluding tert-OH is 1. The SMILES string of the molecule is COc1cccc(C(=O)CN(C)CC2CC(O)C2)c1. The number of carbonyl (C=O) groups excluding carboxylic acids is 1. The number of rotatable bonds is 6. The number of benzene rings is 1. The van der Waals surface area contributed by atoms with Gasteiger partial charge in [0.15, 0.2) is 5.78 Å². The second kappa shape index (κ2) is 6.17. The lowest BCUT2D eigenvalue weighted by molar-refractivity contribution is 0.0286. The van der Waals surface area contributed by atoms with E-state index < -0.39 is 0 Å². The maximum Gasteiger partial charge on any atom is 0.176 e. The molecule has 0 radical (unpaired) electrons. The molecule has 104 valence electrons. The van der Waals surface area contributed by atoms with Crippen molar-refractivity contribution in [1.82, 2.24) is 4.90 Å². The lowest BCUT2D eigenvalue weighted by atomic mass is 9.82. The summed E-state index contributed by atoms with van der Waals surface area (Å²) in [5, 5.41) is 9.25. The molecule has 0 unspecified atom stereocenters. The van der Waals surface area contributed by atoms with E-state index in [2.05, 4.69) is 0 Å². The van der Waals surface area contributed by atoms with Crippen LogP contribution in [0.15, 0.2) is 24.3 Å². The number of ether oxygens (including phenoxy) is 1. The molecule has 1 aliphatic carbocycles. The second-order valence-corrected chi connectivity index (χ2v) is 5.34. The maximum absolute atomic E-state index is 12.1. The predicted molar refractivity (Wildman–Crippen MR) is 73.6 cm³/mol. The van der Waals surface area contributed by atoms with Crippen molar-refractivity contribution in [2.24, 2.45) is 5.92 Å². The average molecular weight is 263 g/mol. The van der Waals surface area contributed by atoms with Crippen LogP contribution in [0.25, 0.3) is 0 Å². The number of aliphatic hydroxyl groups is 1. The summed E-state index contributed by atoms with van der Waals surface area (Å²) in [6, 6.07) is 7.24. The Labute approximate surface area is 114 Å². The molecular formula is C15H21NO3. The van der Waals surface area contributed by atoms with Gasteiger partial charge in [-0.15, -0.1) is 0 Å². The number of nitrogens with zero attached hydrogens (tertiary/aromatic N) is 1. The molecule has 1 aromatic carbocycles. The molecule has 4 nitrogen and oxygen atoms in total. The third kappa shape index (κ3) is 3.78. The summed E-state index contributed by atoms with van der Waals surface area (Å²) in [5.41, 5.74) is 0.680. The van der Waals surface area contributed by atoms with Crippen LogP contribution in [0.3, 0.4) is 0 Å². The molecule has 19 heavy (non-hydrogen) atoms. The molecule has 4 heteroatoms. The van der Waals surface area contributed by atoms with E-state index in [0.29, 0.717) is 23.8 Å². The van der Waals surface area contributed by atoms with Gasteiger partial charge < -0.3 is 9.84 Å². The minimum Gasteiger partial charge on any atom is -0.497 e. The number of Topliss-reactive ketones (excluding diaryl/α,β-unsaturated/α-hetero) is 1. The van der Waals surface area contributed by atoms with E-state index in [1.54, 1.807) is 13.2 Å². The van der Waals surface area contributed by atoms with Crippen molar-refractivity contribution in [2.75, 3.05) is 27.2 Å². The number of methoxy groups -OCH3 is 1. The fourth-order valence-electron chi connectivity index (χ4n) is 2.49. The normalized spacial score (nSPS) is 22.1. The molecular weight excluding hydrogens is 242 g/mol. The highest BCUT2D eigenvalue weighted by atomic mass is 16.5. The number of hydrogen-bond acceptors (Lipinski definition) is 4. The number of ketones is 1. The van der Waals surface area contributed by atoms with Crippen LogP contribution in [0.5, 0.6) is 5.75 Å². The topological polar surface area (TPSA) is 49.8 Å². The van der Waals surface area contributed by atoms with Crippen LogP contribution in [0, 0.1) is 5.92 Å². The zero-order valence-electron chi connectivity index (χ0n) is 11.5. The lowest BCUT2D eigenvalue weighted by Gasteiger charge is -2.34. The van der Waals surface area contributed by atoms with Gasteiger partial charge in [0.2, 0.25) is 0 Å². The van der Waals surface area contributed by atoms with Crippen molar-refractivity contribution in [3.8, 4) is 5.75 Å². The summed E-state index contributed by atoms with van der Waals surface area (Å²) >= 11 is 0. The van der Waals surface area contributed by atoms with Crippen LogP contribution < -0.4 is 4.74 Å². The standard InChI is InChI=1S/C15H21NO3/c1-16(9-11-6-13(17)7-11)10-15(18)12-4-3-5-14(8-12)19-2/h3-5,8,11,13,17H,6-7,9-10H2,1-2H3. The first kappa shape index (κ1) is 14.0. The molecule has 0 atom stereocenters. The summed E-state index contributed by atoms with van der Waals surface area (Å²) in [5.74, 6) is 1.33. The summed E-state index contributed by atoms with van der Waals surface area (Å²) in [7, 11) is 3.54. The van der Waals surface area contributed by atoms with Gasteiger partial charge in [0.05, 0.1) is 19.8 Å². The Morgan fingerprint density at radius 3 is 2.84 bits per heavy atom. The zero-order valence-corrected chi connectivity index (χ0v) is 11.5.